The largest absolute Gasteiger partial charge is 0.493 e. The molecule has 4 amide bonds. The predicted octanol–water partition coefficient (Wildman–Crippen LogP) is 4.30. The molecule has 7 N–H and O–H groups in total. The molecule has 12 heteroatoms. The zero-order valence-corrected chi connectivity index (χ0v) is 27.1. The summed E-state index contributed by atoms with van der Waals surface area (Å²) in [6, 6.07) is 17.5. The van der Waals surface area contributed by atoms with Gasteiger partial charge in [0, 0.05) is 43.3 Å². The van der Waals surface area contributed by atoms with Crippen molar-refractivity contribution >= 4 is 35.0 Å². The van der Waals surface area contributed by atoms with E-state index in [-0.39, 0.29) is 37.3 Å². The van der Waals surface area contributed by atoms with Crippen LogP contribution in [0.25, 0.3) is 0 Å². The first-order valence-corrected chi connectivity index (χ1v) is 15.7. The lowest BCUT2D eigenvalue weighted by Crippen LogP contribution is -2.27. The number of methoxy groups -OCH3 is 1. The normalized spacial score (nSPS) is 10.6. The highest BCUT2D eigenvalue weighted by molar-refractivity contribution is 6.08. The molecule has 0 aliphatic heterocycles. The number of hydrogen-bond acceptors (Lipinski definition) is 8. The Kier molecular flexibility index (Phi) is 15.2. The fourth-order valence-corrected chi connectivity index (χ4v) is 4.57. The molecule has 47 heavy (non-hydrogen) atoms. The van der Waals surface area contributed by atoms with Crippen LogP contribution in [-0.2, 0) is 20.9 Å². The van der Waals surface area contributed by atoms with E-state index in [0.717, 1.165) is 12.0 Å². The third kappa shape index (κ3) is 12.4. The van der Waals surface area contributed by atoms with E-state index in [4.69, 9.17) is 25.7 Å². The van der Waals surface area contributed by atoms with Crippen LogP contribution >= 0.6 is 0 Å². The van der Waals surface area contributed by atoms with Crippen LogP contribution in [0.3, 0.4) is 0 Å². The van der Waals surface area contributed by atoms with Crippen LogP contribution < -0.4 is 36.9 Å². The number of ether oxygens (including phenoxy) is 3. The Balaban J connectivity index is 1.60. The van der Waals surface area contributed by atoms with Crippen LogP contribution in [0.15, 0.2) is 60.7 Å². The summed E-state index contributed by atoms with van der Waals surface area (Å²) in [6.07, 6.45) is 3.31. The molecule has 0 bridgehead atoms. The van der Waals surface area contributed by atoms with E-state index in [9.17, 15) is 19.2 Å². The third-order valence-electron chi connectivity index (χ3n) is 7.04. The van der Waals surface area contributed by atoms with Gasteiger partial charge in [-0.2, -0.15) is 0 Å². The number of aryl methyl sites for hydroxylation is 1. The zero-order chi connectivity index (χ0) is 34.0. The Bertz CT molecular complexity index is 1510. The minimum atomic E-state index is -0.452. The molecular formula is C35H45N5O7. The smallest absolute Gasteiger partial charge is 0.259 e. The van der Waals surface area contributed by atoms with Gasteiger partial charge in [0.1, 0.15) is 11.5 Å². The van der Waals surface area contributed by atoms with Gasteiger partial charge >= 0.3 is 0 Å². The summed E-state index contributed by atoms with van der Waals surface area (Å²) in [5.41, 5.74) is 14.0. The number of nitrogens with one attached hydrogen (secondary N) is 3. The molecule has 0 aliphatic rings. The highest BCUT2D eigenvalue weighted by Gasteiger charge is 2.17. The summed E-state index contributed by atoms with van der Waals surface area (Å²) >= 11 is 0. The molecule has 12 nitrogen and oxygen atoms in total. The number of unbranched alkanes of at least 4 members (excludes halogenated alkanes) is 2. The number of nitrogens with two attached hydrogens (primary N) is 2. The number of amides is 4. The van der Waals surface area contributed by atoms with Crippen molar-refractivity contribution in [2.45, 2.75) is 52.1 Å². The summed E-state index contributed by atoms with van der Waals surface area (Å²) in [5, 5.41) is 8.52. The van der Waals surface area contributed by atoms with Crippen molar-refractivity contribution in [2.75, 3.05) is 44.0 Å². The quantitative estimate of drug-likeness (QED) is 0.112. The lowest BCUT2D eigenvalue weighted by atomic mass is 10.1. The average molecular weight is 648 g/mol. The molecule has 0 heterocycles. The Morgan fingerprint density at radius 2 is 1.49 bits per heavy atom. The lowest BCUT2D eigenvalue weighted by molar-refractivity contribution is -0.121. The van der Waals surface area contributed by atoms with Crippen LogP contribution in [0.2, 0.25) is 0 Å². The average Bonchev–Trinajstić information content (AvgIpc) is 3.04. The molecule has 0 saturated carbocycles. The number of carbonyl (C=O) groups excluding carboxylic acids is 4. The monoisotopic (exact) mass is 647 g/mol. The van der Waals surface area contributed by atoms with Crippen molar-refractivity contribution in [1.29, 1.82) is 0 Å². The minimum Gasteiger partial charge on any atom is -0.493 e. The topological polar surface area (TPSA) is 184 Å². The summed E-state index contributed by atoms with van der Waals surface area (Å²) in [4.78, 5) is 49.2. The minimum absolute atomic E-state index is 0.117. The van der Waals surface area contributed by atoms with E-state index in [2.05, 4.69) is 16.0 Å². The van der Waals surface area contributed by atoms with Crippen LogP contribution in [0, 0.1) is 6.92 Å². The fraction of sp³-hybridized carbons (Fsp3) is 0.371. The lowest BCUT2D eigenvalue weighted by Gasteiger charge is -2.16. The molecule has 252 valence electrons. The van der Waals surface area contributed by atoms with Gasteiger partial charge in [-0.1, -0.05) is 18.2 Å². The predicted molar refractivity (Wildman–Crippen MR) is 181 cm³/mol. The van der Waals surface area contributed by atoms with Crippen molar-refractivity contribution in [1.82, 2.24) is 5.32 Å². The van der Waals surface area contributed by atoms with Gasteiger partial charge < -0.3 is 41.6 Å². The zero-order valence-electron chi connectivity index (χ0n) is 27.1. The van der Waals surface area contributed by atoms with Gasteiger partial charge in [0.25, 0.3) is 11.8 Å². The van der Waals surface area contributed by atoms with Crippen LogP contribution in [-0.4, -0.2) is 57.0 Å². The molecule has 0 spiro atoms. The number of primary amides is 1. The van der Waals surface area contributed by atoms with Crippen LogP contribution in [0.4, 0.5) is 11.4 Å². The third-order valence-corrected chi connectivity index (χ3v) is 7.04. The highest BCUT2D eigenvalue weighted by atomic mass is 16.5. The molecule has 0 unspecified atom stereocenters. The molecule has 0 aliphatic carbocycles. The van der Waals surface area contributed by atoms with Crippen molar-refractivity contribution in [3.8, 4) is 11.5 Å². The Labute approximate surface area is 275 Å². The van der Waals surface area contributed by atoms with Crippen molar-refractivity contribution in [2.24, 2.45) is 11.5 Å². The second kappa shape index (κ2) is 19.5. The first kappa shape index (κ1) is 36.5. The van der Waals surface area contributed by atoms with Crippen molar-refractivity contribution in [3.63, 3.8) is 0 Å². The van der Waals surface area contributed by atoms with Crippen LogP contribution in [0.5, 0.6) is 11.5 Å². The molecule has 3 aromatic carbocycles. The van der Waals surface area contributed by atoms with E-state index in [1.165, 1.54) is 7.11 Å². The summed E-state index contributed by atoms with van der Waals surface area (Å²) in [7, 11) is 1.54. The maximum absolute atomic E-state index is 13.3. The second-order valence-corrected chi connectivity index (χ2v) is 10.9. The summed E-state index contributed by atoms with van der Waals surface area (Å²) < 4.78 is 17.1. The van der Waals surface area contributed by atoms with E-state index in [0.29, 0.717) is 85.0 Å². The standard InChI is InChI=1S/C35H45N5O7/c1-24-12-14-29(31(21-24)47-19-7-3-4-11-33(42)38-18-16-32(37)41)40-34(43)25-13-15-28(26(22-25)23-45-2)39-35(44)27-9-5-6-10-30(27)46-20-8-17-36/h5-6,9-10,12-15,21-22H,3-4,7-8,11,16-20,23,36H2,1-2H3,(H2,37,41)(H,38,42)(H,39,44)(H,40,43). The Hall–Kier alpha value is -4.94. The number of benzene rings is 3. The number of anilines is 2. The fourth-order valence-electron chi connectivity index (χ4n) is 4.57. The molecule has 0 atom stereocenters. The molecule has 0 aromatic heterocycles. The molecule has 3 aromatic rings. The van der Waals surface area contributed by atoms with Gasteiger partial charge in [-0.25, -0.2) is 0 Å². The van der Waals surface area contributed by atoms with E-state index < -0.39 is 5.91 Å². The van der Waals surface area contributed by atoms with Crippen molar-refractivity contribution < 1.29 is 33.4 Å². The first-order chi connectivity index (χ1) is 22.7. The summed E-state index contributed by atoms with van der Waals surface area (Å²) in [5.74, 6) is -0.278. The molecule has 3 rings (SSSR count). The van der Waals surface area contributed by atoms with Gasteiger partial charge in [-0.05, 0) is 87.2 Å². The highest BCUT2D eigenvalue weighted by Crippen LogP contribution is 2.28. The SMILES string of the molecule is COCc1cc(C(=O)Nc2ccc(C)cc2OCCCCCC(=O)NCCC(N)=O)ccc1NC(=O)c1ccccc1OCCCN. The van der Waals surface area contributed by atoms with E-state index in [1.54, 1.807) is 48.5 Å². The summed E-state index contributed by atoms with van der Waals surface area (Å²) in [6.45, 7) is 3.63. The number of para-hydroxylation sites is 1. The van der Waals surface area contributed by atoms with Crippen molar-refractivity contribution in [3.05, 3.63) is 82.9 Å². The second-order valence-electron chi connectivity index (χ2n) is 10.9. The van der Waals surface area contributed by atoms with E-state index in [1.807, 2.05) is 19.1 Å². The maximum atomic E-state index is 13.3. The van der Waals surface area contributed by atoms with Crippen LogP contribution in [0.1, 0.15) is 70.4 Å². The number of hydrogen-bond donors (Lipinski definition) is 5. The number of carbonyl (C=O) groups is 4. The Morgan fingerprint density at radius 1 is 0.766 bits per heavy atom. The maximum Gasteiger partial charge on any atom is 0.259 e. The Morgan fingerprint density at radius 3 is 2.26 bits per heavy atom. The molecular weight excluding hydrogens is 602 g/mol. The van der Waals surface area contributed by atoms with Gasteiger partial charge in [0.15, 0.2) is 0 Å². The van der Waals surface area contributed by atoms with Gasteiger partial charge in [-0.15, -0.1) is 0 Å². The number of rotatable bonds is 20. The first-order valence-electron chi connectivity index (χ1n) is 15.7. The van der Waals surface area contributed by atoms with Gasteiger partial charge in [-0.3, -0.25) is 19.2 Å². The molecule has 0 fully saturated rings. The van der Waals surface area contributed by atoms with E-state index >= 15 is 0 Å². The van der Waals surface area contributed by atoms with Gasteiger partial charge in [0.2, 0.25) is 11.8 Å². The van der Waals surface area contributed by atoms with Gasteiger partial charge in [0.05, 0.1) is 31.1 Å². The molecule has 0 saturated heterocycles. The molecule has 0 radical (unpaired) electrons.